The summed E-state index contributed by atoms with van der Waals surface area (Å²) in [4.78, 5) is 16.3. The number of aromatic nitrogens is 1. The SMILES string of the molecule is O=C(CCC(F)c1ccc(-c2cccnc2Cl)cc1Cl)c1ccccc1C(F)(F)F. The van der Waals surface area contributed by atoms with E-state index in [0.717, 1.165) is 12.1 Å². The molecule has 3 rings (SSSR count). The van der Waals surface area contributed by atoms with Crippen molar-refractivity contribution >= 4 is 29.0 Å². The Morgan fingerprint density at radius 3 is 2.43 bits per heavy atom. The van der Waals surface area contributed by atoms with Crippen LogP contribution in [0.5, 0.6) is 0 Å². The number of hydrogen-bond acceptors (Lipinski definition) is 2. The molecule has 2 aromatic carbocycles. The van der Waals surface area contributed by atoms with Gasteiger partial charge >= 0.3 is 6.18 Å². The third-order valence-corrected chi connectivity index (χ3v) is 5.19. The number of Topliss-reactive ketones (excluding diaryl/α,β-unsaturated/α-hetero) is 1. The highest BCUT2D eigenvalue weighted by molar-refractivity contribution is 6.33. The lowest BCUT2D eigenvalue weighted by molar-refractivity contribution is -0.137. The van der Waals surface area contributed by atoms with Crippen LogP contribution in [0, 0.1) is 0 Å². The lowest BCUT2D eigenvalue weighted by Gasteiger charge is -2.14. The van der Waals surface area contributed by atoms with Crippen LogP contribution in [0.4, 0.5) is 17.6 Å². The van der Waals surface area contributed by atoms with Crippen LogP contribution in [0.25, 0.3) is 11.1 Å². The van der Waals surface area contributed by atoms with Gasteiger partial charge in [0.2, 0.25) is 0 Å². The van der Waals surface area contributed by atoms with Crippen molar-refractivity contribution in [1.29, 1.82) is 0 Å². The number of halogens is 6. The van der Waals surface area contributed by atoms with Crippen LogP contribution in [0.3, 0.4) is 0 Å². The predicted octanol–water partition coefficient (Wildman–Crippen LogP) is 7.75. The van der Waals surface area contributed by atoms with Gasteiger partial charge < -0.3 is 0 Å². The Balaban J connectivity index is 1.74. The summed E-state index contributed by atoms with van der Waals surface area (Å²) in [5.74, 6) is -0.777. The molecular weight excluding hydrogens is 441 g/mol. The molecule has 0 saturated heterocycles. The van der Waals surface area contributed by atoms with Crippen molar-refractivity contribution in [2.75, 3.05) is 0 Å². The summed E-state index contributed by atoms with van der Waals surface area (Å²) in [5, 5.41) is 0.398. The molecule has 1 aromatic heterocycles. The van der Waals surface area contributed by atoms with Gasteiger partial charge in [-0.2, -0.15) is 13.2 Å². The van der Waals surface area contributed by atoms with E-state index in [-0.39, 0.29) is 28.6 Å². The summed E-state index contributed by atoms with van der Waals surface area (Å²) in [6.07, 6.45) is -5.42. The lowest BCUT2D eigenvalue weighted by atomic mass is 9.96. The number of nitrogens with zero attached hydrogens (tertiary/aromatic N) is 1. The molecule has 1 heterocycles. The molecule has 0 saturated carbocycles. The van der Waals surface area contributed by atoms with Crippen molar-refractivity contribution in [2.24, 2.45) is 0 Å². The first kappa shape index (κ1) is 22.2. The quantitative estimate of drug-likeness (QED) is 0.216. The smallest absolute Gasteiger partial charge is 0.294 e. The summed E-state index contributed by atoms with van der Waals surface area (Å²) in [6, 6.07) is 12.5. The monoisotopic (exact) mass is 455 g/mol. The van der Waals surface area contributed by atoms with Crippen LogP contribution in [-0.4, -0.2) is 10.8 Å². The van der Waals surface area contributed by atoms with E-state index >= 15 is 0 Å². The highest BCUT2D eigenvalue weighted by Gasteiger charge is 2.34. The van der Waals surface area contributed by atoms with Gasteiger partial charge in [-0.05, 0) is 36.2 Å². The molecule has 156 valence electrons. The molecule has 0 aliphatic carbocycles. The number of rotatable bonds is 6. The summed E-state index contributed by atoms with van der Waals surface area (Å²) >= 11 is 12.3. The summed E-state index contributed by atoms with van der Waals surface area (Å²) in [6.45, 7) is 0. The maximum absolute atomic E-state index is 14.7. The van der Waals surface area contributed by atoms with Crippen molar-refractivity contribution < 1.29 is 22.4 Å². The van der Waals surface area contributed by atoms with E-state index < -0.39 is 29.3 Å². The minimum absolute atomic E-state index is 0.128. The number of alkyl halides is 4. The Kier molecular flexibility index (Phi) is 6.78. The maximum atomic E-state index is 14.7. The molecular formula is C22H15Cl2F4NO. The van der Waals surface area contributed by atoms with E-state index in [2.05, 4.69) is 4.98 Å². The Morgan fingerprint density at radius 2 is 1.77 bits per heavy atom. The van der Waals surface area contributed by atoms with Crippen LogP contribution in [0.2, 0.25) is 10.2 Å². The Morgan fingerprint density at radius 1 is 1.03 bits per heavy atom. The Hall–Kier alpha value is -2.44. The second-order valence-corrected chi connectivity index (χ2v) is 7.32. The predicted molar refractivity (Wildman–Crippen MR) is 109 cm³/mol. The number of carbonyl (C=O) groups is 1. The third-order valence-electron chi connectivity index (χ3n) is 4.57. The maximum Gasteiger partial charge on any atom is 0.417 e. The number of hydrogen-bond donors (Lipinski definition) is 0. The first-order valence-electron chi connectivity index (χ1n) is 8.92. The van der Waals surface area contributed by atoms with Crippen LogP contribution in [-0.2, 0) is 6.18 Å². The van der Waals surface area contributed by atoms with Gasteiger partial charge in [-0.25, -0.2) is 9.37 Å². The van der Waals surface area contributed by atoms with Crippen LogP contribution in [0.1, 0.15) is 40.5 Å². The van der Waals surface area contributed by atoms with Crippen molar-refractivity contribution in [1.82, 2.24) is 4.98 Å². The average Bonchev–Trinajstić information content (AvgIpc) is 2.71. The minimum atomic E-state index is -4.66. The highest BCUT2D eigenvalue weighted by Crippen LogP contribution is 2.36. The Bertz CT molecular complexity index is 1070. The number of carbonyl (C=O) groups excluding carboxylic acids is 1. The molecule has 0 bridgehead atoms. The highest BCUT2D eigenvalue weighted by atomic mass is 35.5. The van der Waals surface area contributed by atoms with Gasteiger partial charge in [0.05, 0.1) is 5.56 Å². The van der Waals surface area contributed by atoms with Crippen LogP contribution >= 0.6 is 23.2 Å². The van der Waals surface area contributed by atoms with Crippen molar-refractivity contribution in [3.8, 4) is 11.1 Å². The van der Waals surface area contributed by atoms with E-state index in [9.17, 15) is 22.4 Å². The molecule has 0 radical (unpaired) electrons. The topological polar surface area (TPSA) is 30.0 Å². The second-order valence-electron chi connectivity index (χ2n) is 6.55. The largest absolute Gasteiger partial charge is 0.417 e. The fourth-order valence-electron chi connectivity index (χ4n) is 3.07. The number of ketones is 1. The fraction of sp³-hybridized carbons (Fsp3) is 0.182. The molecule has 0 fully saturated rings. The summed E-state index contributed by atoms with van der Waals surface area (Å²) in [5.41, 5.74) is -0.0745. The molecule has 1 unspecified atom stereocenters. The van der Waals surface area contributed by atoms with Crippen LogP contribution in [0.15, 0.2) is 60.8 Å². The molecule has 0 spiro atoms. The van der Waals surface area contributed by atoms with Crippen molar-refractivity contribution in [3.05, 3.63) is 87.7 Å². The zero-order chi connectivity index (χ0) is 21.9. The summed E-state index contributed by atoms with van der Waals surface area (Å²) in [7, 11) is 0. The van der Waals surface area contributed by atoms with Gasteiger partial charge in [0.15, 0.2) is 5.78 Å². The van der Waals surface area contributed by atoms with Crippen LogP contribution < -0.4 is 0 Å². The minimum Gasteiger partial charge on any atom is -0.294 e. The second kappa shape index (κ2) is 9.14. The zero-order valence-electron chi connectivity index (χ0n) is 15.4. The molecule has 0 aliphatic rings. The fourth-order valence-corrected chi connectivity index (χ4v) is 3.60. The molecule has 0 aliphatic heterocycles. The molecule has 30 heavy (non-hydrogen) atoms. The van der Waals surface area contributed by atoms with Crippen molar-refractivity contribution in [3.63, 3.8) is 0 Å². The number of benzene rings is 2. The zero-order valence-corrected chi connectivity index (χ0v) is 16.9. The lowest BCUT2D eigenvalue weighted by Crippen LogP contribution is -2.13. The molecule has 8 heteroatoms. The first-order valence-corrected chi connectivity index (χ1v) is 9.68. The molecule has 1 atom stereocenters. The summed E-state index contributed by atoms with van der Waals surface area (Å²) < 4.78 is 53.9. The van der Waals surface area contributed by atoms with E-state index in [1.54, 1.807) is 18.2 Å². The molecule has 0 N–H and O–H groups in total. The van der Waals surface area contributed by atoms with E-state index in [1.165, 1.54) is 30.5 Å². The van der Waals surface area contributed by atoms with Gasteiger partial charge in [0.1, 0.15) is 11.3 Å². The average molecular weight is 456 g/mol. The van der Waals surface area contributed by atoms with E-state index in [4.69, 9.17) is 23.2 Å². The van der Waals surface area contributed by atoms with E-state index in [0.29, 0.717) is 11.1 Å². The third kappa shape index (κ3) is 4.99. The molecule has 0 amide bonds. The first-order chi connectivity index (χ1) is 14.2. The number of pyridine rings is 1. The molecule has 2 nitrogen and oxygen atoms in total. The van der Waals surface area contributed by atoms with Crippen molar-refractivity contribution in [2.45, 2.75) is 25.2 Å². The van der Waals surface area contributed by atoms with E-state index in [1.807, 2.05) is 0 Å². The van der Waals surface area contributed by atoms with Gasteiger partial charge in [0.25, 0.3) is 0 Å². The Labute approximate surface area is 180 Å². The van der Waals surface area contributed by atoms with Gasteiger partial charge in [-0.3, -0.25) is 4.79 Å². The standard InChI is InChI=1S/C22H15Cl2F4NO/c23-18-12-13(14-5-3-11-29-21(14)24)7-8-16(18)19(25)9-10-20(30)15-4-1-2-6-17(15)22(26,27)28/h1-8,11-12,19H,9-10H2. The molecule has 3 aromatic rings. The van der Waals surface area contributed by atoms with Gasteiger partial charge in [0, 0.05) is 34.3 Å². The normalized spacial score (nSPS) is 12.6. The van der Waals surface area contributed by atoms with Gasteiger partial charge in [-0.15, -0.1) is 0 Å². The van der Waals surface area contributed by atoms with Gasteiger partial charge in [-0.1, -0.05) is 53.5 Å².